The predicted molar refractivity (Wildman–Crippen MR) is 87.2 cm³/mol. The highest BCUT2D eigenvalue weighted by Gasteiger charge is 2.67. The van der Waals surface area contributed by atoms with E-state index in [4.69, 9.17) is 4.74 Å². The Labute approximate surface area is 145 Å². The first kappa shape index (κ1) is 16.8. The van der Waals surface area contributed by atoms with Crippen LogP contribution in [0.1, 0.15) is 32.4 Å². The van der Waals surface area contributed by atoms with Crippen molar-refractivity contribution < 1.29 is 22.0 Å². The highest BCUT2D eigenvalue weighted by molar-refractivity contribution is 5.65. The largest absolute Gasteiger partial charge is 1.00 e. The van der Waals surface area contributed by atoms with Crippen molar-refractivity contribution in [2.45, 2.75) is 26.7 Å². The number of likely N-dealkylation sites (N-methyl/N-ethyl adjacent to an activating group) is 1. The van der Waals surface area contributed by atoms with Gasteiger partial charge < -0.3 is 22.0 Å². The highest BCUT2D eigenvalue weighted by atomic mass is 35.5. The zero-order chi connectivity index (χ0) is 15.1. The van der Waals surface area contributed by atoms with Crippen LogP contribution in [0, 0.1) is 23.7 Å². The summed E-state index contributed by atoms with van der Waals surface area (Å²) in [5.41, 5.74) is 2.66. The van der Waals surface area contributed by atoms with E-state index in [0.717, 1.165) is 48.3 Å². The average Bonchev–Trinajstić information content (AvgIpc) is 2.93. The van der Waals surface area contributed by atoms with E-state index in [1.165, 1.54) is 25.9 Å². The van der Waals surface area contributed by atoms with E-state index in [9.17, 15) is 0 Å². The van der Waals surface area contributed by atoms with Gasteiger partial charge in [0.2, 0.25) is 0 Å². The molecule has 4 aliphatic rings. The third kappa shape index (κ3) is 2.89. The maximum absolute atomic E-state index is 6.34. The first-order chi connectivity index (χ1) is 10.8. The molecule has 0 amide bonds. The fraction of sp³-hybridized carbons (Fsp3) is 0.632. The van der Waals surface area contributed by atoms with Gasteiger partial charge in [0.05, 0.1) is 13.1 Å². The minimum atomic E-state index is 0. The third-order valence-corrected chi connectivity index (χ3v) is 6.11. The van der Waals surface area contributed by atoms with Gasteiger partial charge in [-0.15, -0.1) is 0 Å². The molecule has 4 bridgehead atoms. The molecular formula is C19H27ClN2O. The number of pyridine rings is 1. The van der Waals surface area contributed by atoms with Crippen molar-refractivity contribution in [3.63, 3.8) is 0 Å². The Morgan fingerprint density at radius 2 is 1.96 bits per heavy atom. The van der Waals surface area contributed by atoms with Crippen molar-refractivity contribution >= 4 is 5.76 Å². The highest BCUT2D eigenvalue weighted by Crippen LogP contribution is 2.74. The SMILES string of the molecule is CC[NH+](CC)CCO/C(=C1\C2CC3C(C2)C13)c1ccccn1.[Cl-]. The van der Waals surface area contributed by atoms with E-state index in [-0.39, 0.29) is 12.4 Å². The first-order valence-corrected chi connectivity index (χ1v) is 8.95. The molecule has 4 aliphatic carbocycles. The number of hydrogen-bond donors (Lipinski definition) is 1. The monoisotopic (exact) mass is 334 g/mol. The summed E-state index contributed by atoms with van der Waals surface area (Å²) in [5, 5.41) is 0. The summed E-state index contributed by atoms with van der Waals surface area (Å²) in [7, 11) is 0. The molecule has 0 spiro atoms. The second-order valence-corrected chi connectivity index (χ2v) is 7.08. The lowest BCUT2D eigenvalue weighted by molar-refractivity contribution is -0.896. The Balaban J connectivity index is 0.00000156. The molecule has 4 heteroatoms. The van der Waals surface area contributed by atoms with Crippen molar-refractivity contribution in [2.75, 3.05) is 26.2 Å². The van der Waals surface area contributed by atoms with E-state index < -0.39 is 0 Å². The molecule has 3 nitrogen and oxygen atoms in total. The van der Waals surface area contributed by atoms with Gasteiger partial charge in [0.1, 0.15) is 24.6 Å². The fourth-order valence-corrected chi connectivity index (χ4v) is 4.87. The summed E-state index contributed by atoms with van der Waals surface area (Å²) in [5.74, 6) is 4.72. The second kappa shape index (κ2) is 6.82. The molecule has 4 saturated carbocycles. The lowest BCUT2D eigenvalue weighted by atomic mass is 10.0. The van der Waals surface area contributed by atoms with Crippen molar-refractivity contribution in [1.82, 2.24) is 4.98 Å². The number of ether oxygens (including phenoxy) is 1. The molecule has 1 heterocycles. The molecule has 1 aromatic heterocycles. The number of hydrogen-bond acceptors (Lipinski definition) is 2. The normalized spacial score (nSPS) is 32.0. The van der Waals surface area contributed by atoms with Gasteiger partial charge in [-0.3, -0.25) is 4.98 Å². The summed E-state index contributed by atoms with van der Waals surface area (Å²) in [6.07, 6.45) is 4.70. The molecule has 5 rings (SSSR count). The Hall–Kier alpha value is -1.06. The Morgan fingerprint density at radius 1 is 1.22 bits per heavy atom. The number of halogens is 1. The molecule has 126 valence electrons. The molecule has 23 heavy (non-hydrogen) atoms. The van der Waals surface area contributed by atoms with Gasteiger partial charge in [-0.2, -0.15) is 0 Å². The average molecular weight is 335 g/mol. The topological polar surface area (TPSA) is 26.6 Å². The lowest BCUT2D eigenvalue weighted by Gasteiger charge is -2.19. The van der Waals surface area contributed by atoms with Crippen LogP contribution in [-0.2, 0) is 4.74 Å². The molecule has 1 N–H and O–H groups in total. The van der Waals surface area contributed by atoms with Crippen molar-refractivity contribution in [3.05, 3.63) is 35.7 Å². The summed E-state index contributed by atoms with van der Waals surface area (Å²) >= 11 is 0. The summed E-state index contributed by atoms with van der Waals surface area (Å²) in [4.78, 5) is 6.18. The van der Waals surface area contributed by atoms with Crippen LogP contribution in [0.15, 0.2) is 30.0 Å². The van der Waals surface area contributed by atoms with E-state index in [0.29, 0.717) is 0 Å². The van der Waals surface area contributed by atoms with Crippen LogP contribution in [0.5, 0.6) is 0 Å². The number of nitrogens with one attached hydrogen (secondary N) is 1. The minimum absolute atomic E-state index is 0. The van der Waals surface area contributed by atoms with E-state index >= 15 is 0 Å². The van der Waals surface area contributed by atoms with E-state index in [1.54, 1.807) is 10.5 Å². The van der Waals surface area contributed by atoms with Crippen molar-refractivity contribution in [3.8, 4) is 0 Å². The standard InChI is InChI=1S/C19H26N2O.ClH/c1-3-21(4-2)9-10-22-19(16-7-5-6-8-20-16)17-13-11-14-15(12-13)18(14)17;/h5-8,13-15,18H,3-4,9-12H2,1-2H3;1H/b19-17+;. The molecule has 2 atom stereocenters. The van der Waals surface area contributed by atoms with Gasteiger partial charge in [0.25, 0.3) is 0 Å². The van der Waals surface area contributed by atoms with Crippen LogP contribution in [0.25, 0.3) is 5.76 Å². The number of aromatic nitrogens is 1. The van der Waals surface area contributed by atoms with Crippen LogP contribution in [0.2, 0.25) is 0 Å². The van der Waals surface area contributed by atoms with Crippen LogP contribution < -0.4 is 17.3 Å². The Morgan fingerprint density at radius 3 is 2.48 bits per heavy atom. The van der Waals surface area contributed by atoms with Crippen LogP contribution in [0.3, 0.4) is 0 Å². The molecule has 1 aromatic rings. The number of rotatable bonds is 7. The summed E-state index contributed by atoms with van der Waals surface area (Å²) in [6, 6.07) is 6.17. The lowest BCUT2D eigenvalue weighted by Crippen LogP contribution is -3.11. The quantitative estimate of drug-likeness (QED) is 0.649. The molecule has 0 aromatic carbocycles. The summed E-state index contributed by atoms with van der Waals surface area (Å²) < 4.78 is 6.34. The van der Waals surface area contributed by atoms with Crippen molar-refractivity contribution in [2.24, 2.45) is 23.7 Å². The molecule has 4 fully saturated rings. The fourth-order valence-electron chi connectivity index (χ4n) is 4.87. The molecule has 2 unspecified atom stereocenters. The third-order valence-electron chi connectivity index (χ3n) is 6.11. The minimum Gasteiger partial charge on any atom is -1.00 e. The summed E-state index contributed by atoms with van der Waals surface area (Å²) in [6.45, 7) is 8.73. The molecule has 0 radical (unpaired) electrons. The Kier molecular flexibility index (Phi) is 4.98. The molecule has 0 saturated heterocycles. The molecular weight excluding hydrogens is 308 g/mol. The smallest absolute Gasteiger partial charge is 0.145 e. The Bertz CT molecular complexity index is 554. The van der Waals surface area contributed by atoms with Crippen LogP contribution >= 0.6 is 0 Å². The number of quaternary nitrogens is 1. The van der Waals surface area contributed by atoms with Gasteiger partial charge in [-0.1, -0.05) is 6.07 Å². The van der Waals surface area contributed by atoms with Gasteiger partial charge in [0.15, 0.2) is 0 Å². The zero-order valence-corrected chi connectivity index (χ0v) is 14.9. The first-order valence-electron chi connectivity index (χ1n) is 8.95. The van der Waals surface area contributed by atoms with Crippen molar-refractivity contribution in [1.29, 1.82) is 0 Å². The van der Waals surface area contributed by atoms with Gasteiger partial charge >= 0.3 is 0 Å². The van der Waals surface area contributed by atoms with E-state index in [1.807, 2.05) is 12.3 Å². The zero-order valence-electron chi connectivity index (χ0n) is 14.1. The van der Waals surface area contributed by atoms with Crippen LogP contribution in [-0.4, -0.2) is 31.2 Å². The molecule has 0 aliphatic heterocycles. The van der Waals surface area contributed by atoms with Gasteiger partial charge in [0, 0.05) is 6.20 Å². The maximum atomic E-state index is 6.34. The predicted octanol–water partition coefficient (Wildman–Crippen LogP) is -0.976. The number of allylic oxidation sites excluding steroid dienone is 1. The maximum Gasteiger partial charge on any atom is 0.145 e. The van der Waals surface area contributed by atoms with E-state index in [2.05, 4.69) is 31.0 Å². The van der Waals surface area contributed by atoms with Crippen LogP contribution in [0.4, 0.5) is 0 Å². The number of nitrogens with zero attached hydrogens (tertiary/aromatic N) is 1. The van der Waals surface area contributed by atoms with Gasteiger partial charge in [-0.25, -0.2) is 0 Å². The van der Waals surface area contributed by atoms with Gasteiger partial charge in [-0.05, 0) is 68.1 Å². The second-order valence-electron chi connectivity index (χ2n) is 7.08.